The van der Waals surface area contributed by atoms with E-state index in [1.165, 1.54) is 12.1 Å². The fourth-order valence-electron chi connectivity index (χ4n) is 2.54. The Kier molecular flexibility index (Phi) is 4.96. The van der Waals surface area contributed by atoms with Crippen LogP contribution in [0.25, 0.3) is 0 Å². The van der Waals surface area contributed by atoms with Crippen molar-refractivity contribution in [3.63, 3.8) is 0 Å². The molecular weight excluding hydrogens is 240 g/mol. The number of hydrogen-bond donors (Lipinski definition) is 1. The lowest BCUT2D eigenvalue weighted by Gasteiger charge is -2.29. The summed E-state index contributed by atoms with van der Waals surface area (Å²) in [5.74, 6) is 0.240. The van der Waals surface area contributed by atoms with Crippen molar-refractivity contribution in [2.24, 2.45) is 7.05 Å². The zero-order valence-electron chi connectivity index (χ0n) is 11.9. The minimum absolute atomic E-state index is 0.0914. The van der Waals surface area contributed by atoms with Crippen LogP contribution in [0.3, 0.4) is 0 Å². The Labute approximate surface area is 115 Å². The van der Waals surface area contributed by atoms with Crippen LogP contribution in [0.5, 0.6) is 0 Å². The Morgan fingerprint density at radius 3 is 2.79 bits per heavy atom. The molecule has 1 saturated heterocycles. The van der Waals surface area contributed by atoms with E-state index in [-0.39, 0.29) is 11.9 Å². The van der Waals surface area contributed by atoms with Gasteiger partial charge in [0.25, 0.3) is 0 Å². The Bertz CT molecular complexity index is 409. The molecule has 106 valence electrons. The number of piperidine rings is 1. The van der Waals surface area contributed by atoms with E-state index in [9.17, 15) is 4.79 Å². The fourth-order valence-corrected chi connectivity index (χ4v) is 2.54. The topological polar surface area (TPSA) is 50.2 Å². The standard InChI is InChI=1S/C14H24N4O/c1-12(14(19)18-10-4-3-5-11-18)15-8-6-13-7-9-16-17(13)2/h7,9,12,15H,3-6,8,10-11H2,1-2H3. The number of aromatic nitrogens is 2. The summed E-state index contributed by atoms with van der Waals surface area (Å²) in [6.07, 6.45) is 6.25. The quantitative estimate of drug-likeness (QED) is 0.861. The van der Waals surface area contributed by atoms with Gasteiger partial charge in [-0.05, 0) is 32.3 Å². The van der Waals surface area contributed by atoms with Crippen molar-refractivity contribution in [1.82, 2.24) is 20.0 Å². The van der Waals surface area contributed by atoms with E-state index in [0.29, 0.717) is 0 Å². The molecule has 0 aliphatic carbocycles. The van der Waals surface area contributed by atoms with E-state index in [0.717, 1.165) is 38.9 Å². The SMILES string of the molecule is CC(NCCc1ccnn1C)C(=O)N1CCCCC1. The molecule has 1 aromatic rings. The van der Waals surface area contributed by atoms with E-state index >= 15 is 0 Å². The summed E-state index contributed by atoms with van der Waals surface area (Å²) >= 11 is 0. The van der Waals surface area contributed by atoms with Gasteiger partial charge >= 0.3 is 0 Å². The summed E-state index contributed by atoms with van der Waals surface area (Å²) < 4.78 is 1.87. The molecule has 1 aromatic heterocycles. The molecule has 0 bridgehead atoms. The molecule has 19 heavy (non-hydrogen) atoms. The van der Waals surface area contributed by atoms with Crippen molar-refractivity contribution in [3.8, 4) is 0 Å². The van der Waals surface area contributed by atoms with Crippen LogP contribution >= 0.6 is 0 Å². The molecule has 1 N–H and O–H groups in total. The number of amides is 1. The van der Waals surface area contributed by atoms with Gasteiger partial charge < -0.3 is 10.2 Å². The van der Waals surface area contributed by atoms with Crippen LogP contribution < -0.4 is 5.32 Å². The highest BCUT2D eigenvalue weighted by Crippen LogP contribution is 2.09. The normalized spacial score (nSPS) is 17.5. The van der Waals surface area contributed by atoms with Gasteiger partial charge in [0.05, 0.1) is 6.04 Å². The highest BCUT2D eigenvalue weighted by Gasteiger charge is 2.21. The van der Waals surface area contributed by atoms with Crippen molar-refractivity contribution < 1.29 is 4.79 Å². The first kappa shape index (κ1) is 14.1. The summed E-state index contributed by atoms with van der Waals surface area (Å²) in [5.41, 5.74) is 1.19. The number of rotatable bonds is 5. The molecule has 2 rings (SSSR count). The summed E-state index contributed by atoms with van der Waals surface area (Å²) in [4.78, 5) is 14.2. The number of nitrogens with one attached hydrogen (secondary N) is 1. The van der Waals surface area contributed by atoms with Gasteiger partial charge in [-0.15, -0.1) is 0 Å². The molecule has 1 aliphatic heterocycles. The predicted octanol–water partition coefficient (Wildman–Crippen LogP) is 0.953. The predicted molar refractivity (Wildman–Crippen MR) is 74.8 cm³/mol. The van der Waals surface area contributed by atoms with Crippen LogP contribution in [-0.4, -0.2) is 46.3 Å². The lowest BCUT2D eigenvalue weighted by Crippen LogP contribution is -2.47. The second-order valence-electron chi connectivity index (χ2n) is 5.26. The van der Waals surface area contributed by atoms with E-state index in [2.05, 4.69) is 10.4 Å². The zero-order valence-corrected chi connectivity index (χ0v) is 11.9. The number of carbonyl (C=O) groups is 1. The van der Waals surface area contributed by atoms with Gasteiger partial charge in [-0.1, -0.05) is 0 Å². The van der Waals surface area contributed by atoms with Crippen molar-refractivity contribution in [1.29, 1.82) is 0 Å². The van der Waals surface area contributed by atoms with Crippen LogP contribution in [-0.2, 0) is 18.3 Å². The van der Waals surface area contributed by atoms with Crippen LogP contribution in [0.4, 0.5) is 0 Å². The number of hydrogen-bond acceptors (Lipinski definition) is 3. The molecule has 1 aliphatic rings. The van der Waals surface area contributed by atoms with Gasteiger partial charge in [0.2, 0.25) is 5.91 Å². The average molecular weight is 264 g/mol. The van der Waals surface area contributed by atoms with E-state index < -0.39 is 0 Å². The summed E-state index contributed by atoms with van der Waals surface area (Å²) in [7, 11) is 1.94. The van der Waals surface area contributed by atoms with E-state index in [4.69, 9.17) is 0 Å². The van der Waals surface area contributed by atoms with E-state index in [1.54, 1.807) is 6.20 Å². The second kappa shape index (κ2) is 6.70. The van der Waals surface area contributed by atoms with Gasteiger partial charge in [-0.25, -0.2) is 0 Å². The molecule has 5 heteroatoms. The first-order chi connectivity index (χ1) is 9.18. The van der Waals surface area contributed by atoms with Crippen molar-refractivity contribution in [3.05, 3.63) is 18.0 Å². The molecule has 0 spiro atoms. The Morgan fingerprint density at radius 1 is 1.42 bits per heavy atom. The maximum atomic E-state index is 12.2. The second-order valence-corrected chi connectivity index (χ2v) is 5.26. The van der Waals surface area contributed by atoms with Crippen molar-refractivity contribution >= 4 is 5.91 Å². The Hall–Kier alpha value is -1.36. The largest absolute Gasteiger partial charge is 0.341 e. The van der Waals surface area contributed by atoms with Crippen LogP contribution in [0.15, 0.2) is 12.3 Å². The molecule has 0 aromatic carbocycles. The fraction of sp³-hybridized carbons (Fsp3) is 0.714. The first-order valence-corrected chi connectivity index (χ1v) is 7.17. The summed E-state index contributed by atoms with van der Waals surface area (Å²) in [5, 5.41) is 7.45. The van der Waals surface area contributed by atoms with Crippen molar-refractivity contribution in [2.75, 3.05) is 19.6 Å². The Balaban J connectivity index is 1.73. The highest BCUT2D eigenvalue weighted by molar-refractivity contribution is 5.81. The lowest BCUT2D eigenvalue weighted by atomic mass is 10.1. The first-order valence-electron chi connectivity index (χ1n) is 7.17. The number of likely N-dealkylation sites (tertiary alicyclic amines) is 1. The third-order valence-electron chi connectivity index (χ3n) is 3.79. The number of aryl methyl sites for hydroxylation is 1. The minimum Gasteiger partial charge on any atom is -0.341 e. The molecule has 0 radical (unpaired) electrons. The van der Waals surface area contributed by atoms with Gasteiger partial charge in [0, 0.05) is 45.0 Å². The highest BCUT2D eigenvalue weighted by atomic mass is 16.2. The maximum absolute atomic E-state index is 12.2. The smallest absolute Gasteiger partial charge is 0.239 e. The van der Waals surface area contributed by atoms with Gasteiger partial charge in [-0.3, -0.25) is 9.48 Å². The summed E-state index contributed by atoms with van der Waals surface area (Å²) in [6, 6.07) is 1.92. The molecule has 0 saturated carbocycles. The molecule has 1 fully saturated rings. The van der Waals surface area contributed by atoms with E-state index in [1.807, 2.05) is 29.6 Å². The third kappa shape index (κ3) is 3.80. The zero-order chi connectivity index (χ0) is 13.7. The molecule has 1 amide bonds. The van der Waals surface area contributed by atoms with Crippen LogP contribution in [0.2, 0.25) is 0 Å². The molecular formula is C14H24N4O. The lowest BCUT2D eigenvalue weighted by molar-refractivity contribution is -0.133. The minimum atomic E-state index is -0.0914. The van der Waals surface area contributed by atoms with Gasteiger partial charge in [-0.2, -0.15) is 5.10 Å². The van der Waals surface area contributed by atoms with Gasteiger partial charge in [0.1, 0.15) is 0 Å². The van der Waals surface area contributed by atoms with Crippen molar-refractivity contribution in [2.45, 2.75) is 38.6 Å². The van der Waals surface area contributed by atoms with Gasteiger partial charge in [0.15, 0.2) is 0 Å². The average Bonchev–Trinajstić information content (AvgIpc) is 2.84. The molecule has 1 atom stereocenters. The summed E-state index contributed by atoms with van der Waals surface area (Å²) in [6.45, 7) is 4.61. The van der Waals surface area contributed by atoms with Crippen LogP contribution in [0.1, 0.15) is 31.9 Å². The molecule has 5 nitrogen and oxygen atoms in total. The number of carbonyl (C=O) groups excluding carboxylic acids is 1. The number of nitrogens with zero attached hydrogens (tertiary/aromatic N) is 3. The third-order valence-corrected chi connectivity index (χ3v) is 3.79. The van der Waals surface area contributed by atoms with Crippen LogP contribution in [0, 0.1) is 0 Å². The molecule has 2 heterocycles. The maximum Gasteiger partial charge on any atom is 0.239 e. The molecule has 1 unspecified atom stereocenters. The Morgan fingerprint density at radius 2 is 2.16 bits per heavy atom. The monoisotopic (exact) mass is 264 g/mol.